The van der Waals surface area contributed by atoms with Gasteiger partial charge in [0.15, 0.2) is 0 Å². The van der Waals surface area contributed by atoms with E-state index in [1.807, 2.05) is 6.07 Å². The van der Waals surface area contributed by atoms with Crippen LogP contribution in [0.5, 0.6) is 5.75 Å². The minimum Gasteiger partial charge on any atom is -0.489 e. The van der Waals surface area contributed by atoms with Gasteiger partial charge in [-0.05, 0) is 49.2 Å². The smallest absolute Gasteiger partial charge is 0.243 e. The number of piperidine rings is 1. The Morgan fingerprint density at radius 1 is 1.13 bits per heavy atom. The Hall–Kier alpha value is -1.99. The van der Waals surface area contributed by atoms with Crippen LogP contribution in [0.4, 0.5) is 4.39 Å². The third-order valence-electron chi connectivity index (χ3n) is 3.79. The molecular weight excluding hydrogens is 319 g/mol. The average molecular weight is 336 g/mol. The van der Waals surface area contributed by atoms with Gasteiger partial charge in [-0.1, -0.05) is 0 Å². The van der Waals surface area contributed by atoms with E-state index in [9.17, 15) is 12.8 Å². The number of nitrogens with zero attached hydrogens (tertiary/aromatic N) is 2. The van der Waals surface area contributed by atoms with Crippen molar-refractivity contribution in [3.63, 3.8) is 0 Å². The number of pyridine rings is 1. The van der Waals surface area contributed by atoms with Crippen molar-refractivity contribution >= 4 is 10.0 Å². The Balaban J connectivity index is 1.63. The maximum atomic E-state index is 12.9. The molecule has 122 valence electrons. The van der Waals surface area contributed by atoms with Crippen molar-refractivity contribution in [1.29, 1.82) is 0 Å². The van der Waals surface area contributed by atoms with Gasteiger partial charge in [0.1, 0.15) is 17.7 Å². The summed E-state index contributed by atoms with van der Waals surface area (Å²) in [6, 6.07) is 8.53. The van der Waals surface area contributed by atoms with Crippen LogP contribution in [0.15, 0.2) is 53.7 Å². The summed E-state index contributed by atoms with van der Waals surface area (Å²) in [5.41, 5.74) is 0. The van der Waals surface area contributed by atoms with Crippen LogP contribution in [0.3, 0.4) is 0 Å². The zero-order valence-electron chi connectivity index (χ0n) is 12.4. The van der Waals surface area contributed by atoms with Crippen molar-refractivity contribution in [2.24, 2.45) is 0 Å². The molecule has 0 saturated carbocycles. The number of aromatic nitrogens is 1. The lowest BCUT2D eigenvalue weighted by molar-refractivity contribution is 0.134. The molecule has 0 atom stereocenters. The number of rotatable bonds is 4. The van der Waals surface area contributed by atoms with Crippen LogP contribution in [-0.2, 0) is 10.0 Å². The minimum absolute atomic E-state index is 0.0288. The van der Waals surface area contributed by atoms with E-state index >= 15 is 0 Å². The average Bonchev–Trinajstić information content (AvgIpc) is 2.57. The van der Waals surface area contributed by atoms with Gasteiger partial charge in [-0.2, -0.15) is 4.31 Å². The fourth-order valence-corrected chi connectivity index (χ4v) is 4.02. The number of ether oxygens (including phenoxy) is 1. The molecule has 1 aromatic heterocycles. The molecule has 0 N–H and O–H groups in total. The summed E-state index contributed by atoms with van der Waals surface area (Å²) in [4.78, 5) is 4.11. The Labute approximate surface area is 134 Å². The van der Waals surface area contributed by atoms with Crippen molar-refractivity contribution in [3.05, 3.63) is 54.6 Å². The van der Waals surface area contributed by atoms with E-state index in [4.69, 9.17) is 4.74 Å². The molecule has 0 amide bonds. The molecule has 0 aliphatic carbocycles. The Bertz CT molecular complexity index is 743. The first-order chi connectivity index (χ1) is 11.1. The summed E-state index contributed by atoms with van der Waals surface area (Å²) in [7, 11) is -3.58. The van der Waals surface area contributed by atoms with Gasteiger partial charge in [0, 0.05) is 19.3 Å². The molecule has 0 radical (unpaired) electrons. The van der Waals surface area contributed by atoms with Crippen molar-refractivity contribution in [3.8, 4) is 5.75 Å². The number of benzene rings is 1. The van der Waals surface area contributed by atoms with E-state index in [2.05, 4.69) is 4.98 Å². The van der Waals surface area contributed by atoms with Gasteiger partial charge in [-0.3, -0.25) is 4.98 Å². The summed E-state index contributed by atoms with van der Waals surface area (Å²) in [5, 5.41) is 0. The Morgan fingerprint density at radius 3 is 2.43 bits per heavy atom. The summed E-state index contributed by atoms with van der Waals surface area (Å²) >= 11 is 0. The van der Waals surface area contributed by atoms with Gasteiger partial charge < -0.3 is 4.74 Å². The molecule has 7 heteroatoms. The predicted molar refractivity (Wildman–Crippen MR) is 83.0 cm³/mol. The van der Waals surface area contributed by atoms with Gasteiger partial charge in [0.05, 0.1) is 11.1 Å². The first kappa shape index (κ1) is 15.9. The summed E-state index contributed by atoms with van der Waals surface area (Å²) < 4.78 is 45.2. The van der Waals surface area contributed by atoms with Crippen LogP contribution < -0.4 is 4.74 Å². The Morgan fingerprint density at radius 2 is 1.83 bits per heavy atom. The third-order valence-corrected chi connectivity index (χ3v) is 5.70. The van der Waals surface area contributed by atoms with E-state index in [1.165, 1.54) is 16.4 Å². The van der Waals surface area contributed by atoms with E-state index in [1.54, 1.807) is 18.5 Å². The molecule has 2 aromatic rings. The van der Waals surface area contributed by atoms with Gasteiger partial charge >= 0.3 is 0 Å². The molecule has 2 heterocycles. The largest absolute Gasteiger partial charge is 0.489 e. The standard InChI is InChI=1S/C16H17FN2O3S/c17-13-3-5-16(6-4-13)23(20,21)19-10-7-14(8-11-19)22-15-2-1-9-18-12-15/h1-6,9,12,14H,7-8,10-11H2. The molecule has 1 saturated heterocycles. The first-order valence-electron chi connectivity index (χ1n) is 7.38. The van der Waals surface area contributed by atoms with Crippen molar-refractivity contribution in [2.75, 3.05) is 13.1 Å². The second-order valence-electron chi connectivity index (χ2n) is 5.36. The quantitative estimate of drug-likeness (QED) is 0.860. The SMILES string of the molecule is O=S(=O)(c1ccc(F)cc1)N1CCC(Oc2cccnc2)CC1. The zero-order valence-corrected chi connectivity index (χ0v) is 13.2. The normalized spacial score (nSPS) is 17.1. The predicted octanol–water partition coefficient (Wildman–Crippen LogP) is 2.45. The molecule has 23 heavy (non-hydrogen) atoms. The maximum absolute atomic E-state index is 12.9. The summed E-state index contributed by atoms with van der Waals surface area (Å²) in [6.07, 6.45) is 4.50. The second-order valence-corrected chi connectivity index (χ2v) is 7.30. The highest BCUT2D eigenvalue weighted by Gasteiger charge is 2.30. The van der Waals surface area contributed by atoms with E-state index < -0.39 is 15.8 Å². The number of hydrogen-bond acceptors (Lipinski definition) is 4. The van der Waals surface area contributed by atoms with Gasteiger partial charge in [-0.15, -0.1) is 0 Å². The van der Waals surface area contributed by atoms with Crippen molar-refractivity contribution in [2.45, 2.75) is 23.8 Å². The lowest BCUT2D eigenvalue weighted by Crippen LogP contribution is -2.41. The molecule has 1 fully saturated rings. The third kappa shape index (κ3) is 3.68. The molecule has 1 aliphatic rings. The van der Waals surface area contributed by atoms with E-state index in [0.29, 0.717) is 31.7 Å². The second kappa shape index (κ2) is 6.64. The van der Waals surface area contributed by atoms with Crippen LogP contribution in [0.25, 0.3) is 0 Å². The number of sulfonamides is 1. The van der Waals surface area contributed by atoms with Gasteiger partial charge in [0.25, 0.3) is 0 Å². The number of halogens is 1. The van der Waals surface area contributed by atoms with Crippen molar-refractivity contribution in [1.82, 2.24) is 9.29 Å². The summed E-state index contributed by atoms with van der Waals surface area (Å²) in [6.45, 7) is 0.759. The van der Waals surface area contributed by atoms with E-state index in [0.717, 1.165) is 12.1 Å². The molecule has 0 spiro atoms. The molecular formula is C16H17FN2O3S. The molecule has 1 aliphatic heterocycles. The maximum Gasteiger partial charge on any atom is 0.243 e. The highest BCUT2D eigenvalue weighted by atomic mass is 32.2. The van der Waals surface area contributed by atoms with Crippen LogP contribution >= 0.6 is 0 Å². The topological polar surface area (TPSA) is 59.5 Å². The first-order valence-corrected chi connectivity index (χ1v) is 8.82. The molecule has 5 nitrogen and oxygen atoms in total. The fraction of sp³-hybridized carbons (Fsp3) is 0.312. The lowest BCUT2D eigenvalue weighted by atomic mass is 10.1. The molecule has 0 bridgehead atoms. The molecule has 0 unspecified atom stereocenters. The lowest BCUT2D eigenvalue weighted by Gasteiger charge is -2.31. The zero-order chi connectivity index (χ0) is 16.3. The highest BCUT2D eigenvalue weighted by molar-refractivity contribution is 7.89. The molecule has 3 rings (SSSR count). The van der Waals surface area contributed by atoms with Crippen LogP contribution in [-0.4, -0.2) is 36.9 Å². The van der Waals surface area contributed by atoms with Crippen LogP contribution in [0, 0.1) is 5.82 Å². The van der Waals surface area contributed by atoms with E-state index in [-0.39, 0.29) is 11.0 Å². The van der Waals surface area contributed by atoms with Crippen molar-refractivity contribution < 1.29 is 17.5 Å². The Kier molecular flexibility index (Phi) is 4.58. The minimum atomic E-state index is -3.58. The number of hydrogen-bond donors (Lipinski definition) is 0. The summed E-state index contributed by atoms with van der Waals surface area (Å²) in [5.74, 6) is 0.236. The molecule has 1 aromatic carbocycles. The van der Waals surface area contributed by atoms with Crippen LogP contribution in [0.1, 0.15) is 12.8 Å². The fourth-order valence-electron chi connectivity index (χ4n) is 2.56. The monoisotopic (exact) mass is 336 g/mol. The van der Waals surface area contributed by atoms with Crippen LogP contribution in [0.2, 0.25) is 0 Å². The van der Waals surface area contributed by atoms with Gasteiger partial charge in [-0.25, -0.2) is 12.8 Å². The highest BCUT2D eigenvalue weighted by Crippen LogP contribution is 2.23. The van der Waals surface area contributed by atoms with Gasteiger partial charge in [0.2, 0.25) is 10.0 Å².